The Morgan fingerprint density at radius 3 is 2.41 bits per heavy atom. The van der Waals surface area contributed by atoms with Crippen LogP contribution in [0.25, 0.3) is 0 Å². The van der Waals surface area contributed by atoms with Gasteiger partial charge in [-0.3, -0.25) is 9.89 Å². The molecular weight excluding hydrogens is 480 g/mol. The van der Waals surface area contributed by atoms with Gasteiger partial charge in [-0.15, -0.1) is 24.0 Å². The van der Waals surface area contributed by atoms with Gasteiger partial charge in [0, 0.05) is 50.7 Å². The van der Waals surface area contributed by atoms with E-state index in [-0.39, 0.29) is 35.2 Å². The minimum absolute atomic E-state index is 0. The SMILES string of the molecule is CCNC(=NCC1(c2ccccc2F)CC1)NCC(C)N1CCN(CC)CC1.I. The zero-order chi connectivity index (χ0) is 20.0. The van der Waals surface area contributed by atoms with E-state index in [1.54, 1.807) is 12.1 Å². The highest BCUT2D eigenvalue weighted by molar-refractivity contribution is 14.0. The van der Waals surface area contributed by atoms with Crippen molar-refractivity contribution in [1.29, 1.82) is 0 Å². The fourth-order valence-electron chi connectivity index (χ4n) is 4.02. The van der Waals surface area contributed by atoms with Crippen LogP contribution in [0.15, 0.2) is 29.3 Å². The van der Waals surface area contributed by atoms with E-state index in [1.807, 2.05) is 12.1 Å². The third kappa shape index (κ3) is 6.52. The average Bonchev–Trinajstić information content (AvgIpc) is 3.51. The molecule has 0 aromatic heterocycles. The van der Waals surface area contributed by atoms with Crippen LogP contribution in [0, 0.1) is 5.82 Å². The summed E-state index contributed by atoms with van der Waals surface area (Å²) in [6.45, 7) is 14.6. The Morgan fingerprint density at radius 1 is 1.14 bits per heavy atom. The first-order valence-electron chi connectivity index (χ1n) is 10.8. The first-order valence-corrected chi connectivity index (χ1v) is 10.8. The van der Waals surface area contributed by atoms with Gasteiger partial charge in [0.15, 0.2) is 5.96 Å². The van der Waals surface area contributed by atoms with E-state index in [0.29, 0.717) is 12.6 Å². The fourth-order valence-corrected chi connectivity index (χ4v) is 4.02. The summed E-state index contributed by atoms with van der Waals surface area (Å²) in [5, 5.41) is 6.84. The van der Waals surface area contributed by atoms with Crippen LogP contribution < -0.4 is 10.6 Å². The van der Waals surface area contributed by atoms with Crippen molar-refractivity contribution in [2.75, 3.05) is 52.4 Å². The van der Waals surface area contributed by atoms with E-state index in [1.165, 1.54) is 0 Å². The van der Waals surface area contributed by atoms with Crippen molar-refractivity contribution in [3.05, 3.63) is 35.6 Å². The van der Waals surface area contributed by atoms with Crippen molar-refractivity contribution in [2.45, 2.75) is 45.1 Å². The van der Waals surface area contributed by atoms with E-state index < -0.39 is 0 Å². The summed E-state index contributed by atoms with van der Waals surface area (Å²) in [5.74, 6) is 0.733. The van der Waals surface area contributed by atoms with Crippen LogP contribution in [0.4, 0.5) is 4.39 Å². The van der Waals surface area contributed by atoms with Crippen LogP contribution in [0.1, 0.15) is 39.2 Å². The second-order valence-corrected chi connectivity index (χ2v) is 8.16. The maximum Gasteiger partial charge on any atom is 0.191 e. The lowest BCUT2D eigenvalue weighted by Crippen LogP contribution is -2.53. The van der Waals surface area contributed by atoms with Gasteiger partial charge in [-0.05, 0) is 44.9 Å². The summed E-state index contributed by atoms with van der Waals surface area (Å²) in [4.78, 5) is 9.85. The number of halogens is 2. The molecular formula is C22H37FIN5. The smallest absolute Gasteiger partial charge is 0.191 e. The molecule has 164 valence electrons. The van der Waals surface area contributed by atoms with E-state index in [2.05, 4.69) is 41.2 Å². The van der Waals surface area contributed by atoms with Crippen LogP contribution in [0.2, 0.25) is 0 Å². The molecule has 5 nitrogen and oxygen atoms in total. The molecule has 3 rings (SSSR count). The highest BCUT2D eigenvalue weighted by Crippen LogP contribution is 2.49. The minimum Gasteiger partial charge on any atom is -0.357 e. The van der Waals surface area contributed by atoms with Gasteiger partial charge in [0.25, 0.3) is 0 Å². The molecule has 2 aliphatic rings. The number of hydrogen-bond donors (Lipinski definition) is 2. The van der Waals surface area contributed by atoms with Crippen molar-refractivity contribution in [1.82, 2.24) is 20.4 Å². The Kier molecular flexibility index (Phi) is 9.62. The highest BCUT2D eigenvalue weighted by Gasteiger charge is 2.45. The van der Waals surface area contributed by atoms with Gasteiger partial charge in [-0.2, -0.15) is 0 Å². The summed E-state index contributed by atoms with van der Waals surface area (Å²) in [5.41, 5.74) is 0.701. The van der Waals surface area contributed by atoms with Crippen LogP contribution in [0.5, 0.6) is 0 Å². The zero-order valence-corrected chi connectivity index (χ0v) is 20.4. The average molecular weight is 517 g/mol. The molecule has 1 aliphatic heterocycles. The number of guanidine groups is 1. The van der Waals surface area contributed by atoms with E-state index >= 15 is 0 Å². The number of nitrogens with zero attached hydrogens (tertiary/aromatic N) is 3. The molecule has 0 radical (unpaired) electrons. The molecule has 2 N–H and O–H groups in total. The van der Waals surface area contributed by atoms with Gasteiger partial charge >= 0.3 is 0 Å². The molecule has 0 bridgehead atoms. The molecule has 7 heteroatoms. The van der Waals surface area contributed by atoms with Crippen LogP contribution >= 0.6 is 24.0 Å². The molecule has 2 fully saturated rings. The molecule has 1 saturated carbocycles. The number of aliphatic imine (C=N–C) groups is 1. The van der Waals surface area contributed by atoms with Crippen molar-refractivity contribution in [3.8, 4) is 0 Å². The first kappa shape index (κ1) is 24.3. The Morgan fingerprint density at radius 2 is 1.83 bits per heavy atom. The lowest BCUT2D eigenvalue weighted by molar-refractivity contribution is 0.107. The summed E-state index contributed by atoms with van der Waals surface area (Å²) in [6, 6.07) is 7.61. The van der Waals surface area contributed by atoms with Gasteiger partial charge < -0.3 is 15.5 Å². The maximum atomic E-state index is 14.2. The van der Waals surface area contributed by atoms with E-state index in [4.69, 9.17) is 4.99 Å². The molecule has 1 unspecified atom stereocenters. The molecule has 1 aliphatic carbocycles. The third-order valence-electron chi connectivity index (χ3n) is 6.23. The lowest BCUT2D eigenvalue weighted by Gasteiger charge is -2.37. The largest absolute Gasteiger partial charge is 0.357 e. The fraction of sp³-hybridized carbons (Fsp3) is 0.682. The van der Waals surface area contributed by atoms with E-state index in [9.17, 15) is 4.39 Å². The molecule has 1 heterocycles. The van der Waals surface area contributed by atoms with Crippen molar-refractivity contribution < 1.29 is 4.39 Å². The number of rotatable bonds is 8. The minimum atomic E-state index is -0.115. The lowest BCUT2D eigenvalue weighted by atomic mass is 9.95. The van der Waals surface area contributed by atoms with E-state index in [0.717, 1.165) is 70.2 Å². The summed E-state index contributed by atoms with van der Waals surface area (Å²) in [7, 11) is 0. The molecule has 0 amide bonds. The predicted octanol–water partition coefficient (Wildman–Crippen LogP) is 3.06. The van der Waals surface area contributed by atoms with Crippen molar-refractivity contribution in [2.24, 2.45) is 4.99 Å². The van der Waals surface area contributed by atoms with Gasteiger partial charge in [0.1, 0.15) is 5.82 Å². The van der Waals surface area contributed by atoms with Crippen molar-refractivity contribution in [3.63, 3.8) is 0 Å². The summed E-state index contributed by atoms with van der Waals surface area (Å²) < 4.78 is 14.2. The second kappa shape index (κ2) is 11.5. The molecule has 1 aromatic rings. The number of benzene rings is 1. The second-order valence-electron chi connectivity index (χ2n) is 8.16. The van der Waals surface area contributed by atoms with Crippen LogP contribution in [0.3, 0.4) is 0 Å². The monoisotopic (exact) mass is 517 g/mol. The zero-order valence-electron chi connectivity index (χ0n) is 18.1. The normalized spacial score (nSPS) is 20.6. The molecule has 1 aromatic carbocycles. The van der Waals surface area contributed by atoms with Crippen LogP contribution in [-0.4, -0.2) is 74.2 Å². The molecule has 0 spiro atoms. The number of likely N-dealkylation sites (N-methyl/N-ethyl adjacent to an activating group) is 1. The quantitative estimate of drug-likeness (QED) is 0.316. The number of hydrogen-bond acceptors (Lipinski definition) is 3. The highest BCUT2D eigenvalue weighted by atomic mass is 127. The molecule has 29 heavy (non-hydrogen) atoms. The Labute approximate surface area is 192 Å². The van der Waals surface area contributed by atoms with Crippen LogP contribution in [-0.2, 0) is 5.41 Å². The molecule has 1 saturated heterocycles. The first-order chi connectivity index (χ1) is 13.6. The van der Waals surface area contributed by atoms with Gasteiger partial charge in [-0.25, -0.2) is 4.39 Å². The van der Waals surface area contributed by atoms with Gasteiger partial charge in [0.05, 0.1) is 6.54 Å². The Bertz CT molecular complexity index is 656. The van der Waals surface area contributed by atoms with Gasteiger partial charge in [0.2, 0.25) is 0 Å². The van der Waals surface area contributed by atoms with Gasteiger partial charge in [-0.1, -0.05) is 25.1 Å². The third-order valence-corrected chi connectivity index (χ3v) is 6.23. The topological polar surface area (TPSA) is 42.9 Å². The standard InChI is InChI=1S/C22H36FN5.HI/c1-4-24-21(25-16-18(3)28-14-12-27(5-2)13-15-28)26-17-22(10-11-22)19-8-6-7-9-20(19)23;/h6-9,18H,4-5,10-17H2,1-3H3,(H2,24,25,26);1H. The summed E-state index contributed by atoms with van der Waals surface area (Å²) in [6.07, 6.45) is 2.02. The van der Waals surface area contributed by atoms with Crippen molar-refractivity contribution >= 4 is 29.9 Å². The predicted molar refractivity (Wildman–Crippen MR) is 130 cm³/mol. The maximum absolute atomic E-state index is 14.2. The number of piperazine rings is 1. The molecule has 1 atom stereocenters. The summed E-state index contributed by atoms with van der Waals surface area (Å²) >= 11 is 0. The Balaban J connectivity index is 0.00000300. The Hall–Kier alpha value is -0.930. The number of nitrogens with one attached hydrogen (secondary N) is 2.